The molecule has 2 amide bonds. The summed E-state index contributed by atoms with van der Waals surface area (Å²) in [6, 6.07) is 0. The number of hydrogen-bond donors (Lipinski definition) is 2. The van der Waals surface area contributed by atoms with E-state index in [9.17, 15) is 9.59 Å². The van der Waals surface area contributed by atoms with Crippen LogP contribution in [0, 0.1) is 0 Å². The molecule has 0 unspecified atom stereocenters. The van der Waals surface area contributed by atoms with Gasteiger partial charge < -0.3 is 29.6 Å². The van der Waals surface area contributed by atoms with Crippen LogP contribution in [0.4, 0.5) is 0 Å². The van der Waals surface area contributed by atoms with Crippen LogP contribution in [0.15, 0.2) is 25.3 Å². The number of carbonyl (C=O) groups excluding carboxylic acids is 2. The van der Waals surface area contributed by atoms with Gasteiger partial charge in [-0.05, 0) is 31.4 Å². The Labute approximate surface area is 162 Å². The van der Waals surface area contributed by atoms with Crippen LogP contribution >= 0.6 is 0 Å². The predicted molar refractivity (Wildman–Crippen MR) is 104 cm³/mol. The SMILES string of the molecule is C=CC(=O)NCCCCOCCOCCOCCOCCCNC(=O)C=C. The molecule has 0 fully saturated rings. The highest BCUT2D eigenvalue weighted by Crippen LogP contribution is 1.90. The van der Waals surface area contributed by atoms with E-state index < -0.39 is 0 Å². The number of rotatable bonds is 20. The fraction of sp³-hybridized carbons (Fsp3) is 0.684. The summed E-state index contributed by atoms with van der Waals surface area (Å²) in [5, 5.41) is 5.39. The van der Waals surface area contributed by atoms with Gasteiger partial charge in [-0.25, -0.2) is 0 Å². The number of unbranched alkanes of at least 4 members (excludes halogenated alkanes) is 1. The van der Waals surface area contributed by atoms with E-state index in [1.165, 1.54) is 12.2 Å². The van der Waals surface area contributed by atoms with Crippen molar-refractivity contribution < 1.29 is 28.5 Å². The Morgan fingerprint density at radius 1 is 0.593 bits per heavy atom. The summed E-state index contributed by atoms with van der Waals surface area (Å²) in [7, 11) is 0. The lowest BCUT2D eigenvalue weighted by atomic mass is 10.3. The second-order valence-corrected chi connectivity index (χ2v) is 5.50. The molecule has 0 aliphatic heterocycles. The molecule has 0 aromatic carbocycles. The van der Waals surface area contributed by atoms with Crippen molar-refractivity contribution in [1.82, 2.24) is 10.6 Å². The van der Waals surface area contributed by atoms with E-state index in [-0.39, 0.29) is 11.8 Å². The summed E-state index contributed by atoms with van der Waals surface area (Å²) in [4.78, 5) is 21.8. The van der Waals surface area contributed by atoms with E-state index >= 15 is 0 Å². The van der Waals surface area contributed by atoms with E-state index in [1.807, 2.05) is 0 Å². The molecule has 27 heavy (non-hydrogen) atoms. The molecule has 0 saturated carbocycles. The van der Waals surface area contributed by atoms with Gasteiger partial charge in [0.05, 0.1) is 39.6 Å². The smallest absolute Gasteiger partial charge is 0.243 e. The number of amides is 2. The van der Waals surface area contributed by atoms with Gasteiger partial charge in [-0.3, -0.25) is 9.59 Å². The van der Waals surface area contributed by atoms with E-state index in [2.05, 4.69) is 23.8 Å². The normalized spacial score (nSPS) is 10.4. The molecule has 0 aliphatic carbocycles. The van der Waals surface area contributed by atoms with Crippen molar-refractivity contribution in [1.29, 1.82) is 0 Å². The van der Waals surface area contributed by atoms with Gasteiger partial charge in [0.1, 0.15) is 0 Å². The zero-order chi connectivity index (χ0) is 20.0. The van der Waals surface area contributed by atoms with Gasteiger partial charge in [0.25, 0.3) is 0 Å². The maximum absolute atomic E-state index is 10.9. The quantitative estimate of drug-likeness (QED) is 0.238. The molecule has 0 saturated heterocycles. The van der Waals surface area contributed by atoms with Gasteiger partial charge in [-0.15, -0.1) is 0 Å². The molecule has 8 heteroatoms. The molecule has 0 radical (unpaired) electrons. The predicted octanol–water partition coefficient (Wildman–Crippen LogP) is 0.828. The maximum atomic E-state index is 10.9. The van der Waals surface area contributed by atoms with E-state index in [1.54, 1.807) is 0 Å². The number of carbonyl (C=O) groups is 2. The number of ether oxygens (including phenoxy) is 4. The molecule has 0 spiro atoms. The average Bonchev–Trinajstić information content (AvgIpc) is 2.69. The van der Waals surface area contributed by atoms with Crippen LogP contribution < -0.4 is 10.6 Å². The second kappa shape index (κ2) is 20.6. The van der Waals surface area contributed by atoms with Gasteiger partial charge in [0, 0.05) is 26.3 Å². The first kappa shape index (κ1) is 25.3. The Morgan fingerprint density at radius 2 is 0.963 bits per heavy atom. The van der Waals surface area contributed by atoms with Crippen molar-refractivity contribution >= 4 is 11.8 Å². The highest BCUT2D eigenvalue weighted by atomic mass is 16.6. The Kier molecular flexibility index (Phi) is 19.2. The van der Waals surface area contributed by atoms with Crippen LogP contribution in [-0.2, 0) is 28.5 Å². The Morgan fingerprint density at radius 3 is 1.41 bits per heavy atom. The largest absolute Gasteiger partial charge is 0.379 e. The zero-order valence-electron chi connectivity index (χ0n) is 16.2. The molecule has 0 aliphatic rings. The first-order valence-corrected chi connectivity index (χ1v) is 9.32. The first-order chi connectivity index (χ1) is 13.2. The van der Waals surface area contributed by atoms with Crippen molar-refractivity contribution in [2.24, 2.45) is 0 Å². The molecule has 0 bridgehead atoms. The Hall–Kier alpha value is -1.74. The molecule has 2 N–H and O–H groups in total. The van der Waals surface area contributed by atoms with Crippen LogP contribution in [0.2, 0.25) is 0 Å². The zero-order valence-corrected chi connectivity index (χ0v) is 16.2. The van der Waals surface area contributed by atoms with Crippen molar-refractivity contribution in [2.45, 2.75) is 19.3 Å². The molecule has 0 atom stereocenters. The van der Waals surface area contributed by atoms with E-state index in [0.29, 0.717) is 65.9 Å². The second-order valence-electron chi connectivity index (χ2n) is 5.50. The Bertz CT molecular complexity index is 368. The van der Waals surface area contributed by atoms with Crippen molar-refractivity contribution in [3.63, 3.8) is 0 Å². The van der Waals surface area contributed by atoms with Gasteiger partial charge in [-0.2, -0.15) is 0 Å². The fourth-order valence-corrected chi connectivity index (χ4v) is 1.83. The third kappa shape index (κ3) is 20.4. The van der Waals surface area contributed by atoms with Gasteiger partial charge in [0.15, 0.2) is 0 Å². The third-order valence-corrected chi connectivity index (χ3v) is 3.27. The molecule has 0 aromatic heterocycles. The van der Waals surface area contributed by atoms with E-state index in [0.717, 1.165) is 19.3 Å². The summed E-state index contributed by atoms with van der Waals surface area (Å²) >= 11 is 0. The third-order valence-electron chi connectivity index (χ3n) is 3.27. The van der Waals surface area contributed by atoms with Crippen molar-refractivity contribution in [3.8, 4) is 0 Å². The molecule has 0 rings (SSSR count). The molecule has 8 nitrogen and oxygen atoms in total. The van der Waals surface area contributed by atoms with Crippen LogP contribution in [0.3, 0.4) is 0 Å². The minimum Gasteiger partial charge on any atom is -0.379 e. The topological polar surface area (TPSA) is 95.1 Å². The number of nitrogens with one attached hydrogen (secondary N) is 2. The first-order valence-electron chi connectivity index (χ1n) is 9.32. The van der Waals surface area contributed by atoms with Crippen LogP contribution in [0.1, 0.15) is 19.3 Å². The lowest BCUT2D eigenvalue weighted by Crippen LogP contribution is -2.23. The summed E-state index contributed by atoms with van der Waals surface area (Å²) < 4.78 is 21.6. The molecule has 0 aromatic rings. The highest BCUT2D eigenvalue weighted by molar-refractivity contribution is 5.87. The monoisotopic (exact) mass is 386 g/mol. The van der Waals surface area contributed by atoms with Gasteiger partial charge in [-0.1, -0.05) is 13.2 Å². The minimum atomic E-state index is -0.169. The van der Waals surface area contributed by atoms with Crippen LogP contribution in [-0.4, -0.2) is 77.8 Å². The fourth-order valence-electron chi connectivity index (χ4n) is 1.83. The maximum Gasteiger partial charge on any atom is 0.243 e. The van der Waals surface area contributed by atoms with Crippen LogP contribution in [0.5, 0.6) is 0 Å². The lowest BCUT2D eigenvalue weighted by molar-refractivity contribution is -0.117. The highest BCUT2D eigenvalue weighted by Gasteiger charge is 1.96. The molecule has 0 heterocycles. The van der Waals surface area contributed by atoms with Gasteiger partial charge in [0.2, 0.25) is 11.8 Å². The van der Waals surface area contributed by atoms with Gasteiger partial charge >= 0.3 is 0 Å². The summed E-state index contributed by atoms with van der Waals surface area (Å²) in [6.07, 6.45) is 5.03. The number of hydrogen-bond acceptors (Lipinski definition) is 6. The summed E-state index contributed by atoms with van der Waals surface area (Å²) in [5.41, 5.74) is 0. The van der Waals surface area contributed by atoms with Crippen molar-refractivity contribution in [3.05, 3.63) is 25.3 Å². The standard InChI is InChI=1S/C19H34N2O6/c1-3-18(22)20-8-5-6-10-24-12-14-26-16-17-27-15-13-25-11-7-9-21-19(23)4-2/h3-4H,1-2,5-17H2,(H,20,22)(H,21,23). The lowest BCUT2D eigenvalue weighted by Gasteiger charge is -2.08. The molecular formula is C19H34N2O6. The average molecular weight is 386 g/mol. The molecular weight excluding hydrogens is 352 g/mol. The van der Waals surface area contributed by atoms with Crippen molar-refractivity contribution in [2.75, 3.05) is 65.9 Å². The summed E-state index contributed by atoms with van der Waals surface area (Å²) in [5.74, 6) is -0.315. The Balaban J connectivity index is 3.07. The summed E-state index contributed by atoms with van der Waals surface area (Å²) in [6.45, 7) is 12.4. The van der Waals surface area contributed by atoms with Crippen LogP contribution in [0.25, 0.3) is 0 Å². The minimum absolute atomic E-state index is 0.146. The van der Waals surface area contributed by atoms with E-state index in [4.69, 9.17) is 18.9 Å². The molecule has 156 valence electrons.